The summed E-state index contributed by atoms with van der Waals surface area (Å²) in [4.78, 5) is 0. The minimum atomic E-state index is 0.208. The molecule has 0 aliphatic carbocycles. The second kappa shape index (κ2) is 5.47. The second-order valence-electron chi connectivity index (χ2n) is 2.56. The molecule has 0 bridgehead atoms. The lowest BCUT2D eigenvalue weighted by Gasteiger charge is -2.13. The van der Waals surface area contributed by atoms with Crippen molar-refractivity contribution in [3.63, 3.8) is 0 Å². The first-order chi connectivity index (χ1) is 6.97. The number of anilines is 1. The highest BCUT2D eigenvalue weighted by molar-refractivity contribution is 9.13. The number of hydrogen-bond acceptors (Lipinski definition) is 2. The molecule has 0 radical (unpaired) electrons. The molecule has 3 N–H and O–H groups in total. The van der Waals surface area contributed by atoms with Crippen LogP contribution in [0.1, 0.15) is 0 Å². The number of rotatable bonds is 2. The van der Waals surface area contributed by atoms with Gasteiger partial charge >= 0.3 is 0 Å². The van der Waals surface area contributed by atoms with Crippen LogP contribution in [0.3, 0.4) is 0 Å². The van der Waals surface area contributed by atoms with Crippen molar-refractivity contribution in [2.75, 3.05) is 12.4 Å². The van der Waals surface area contributed by atoms with Crippen molar-refractivity contribution in [2.45, 2.75) is 0 Å². The molecular weight excluding hydrogens is 412 g/mol. The zero-order valence-electron chi connectivity index (χ0n) is 7.61. The fourth-order valence-corrected chi connectivity index (χ4v) is 2.94. The molecule has 7 heteroatoms. The SMILES string of the molecule is COc1c(Br)cc(NC(N)=S)c(Br)c1Br. The van der Waals surface area contributed by atoms with E-state index in [9.17, 15) is 0 Å². The van der Waals surface area contributed by atoms with Crippen LogP contribution in [0.4, 0.5) is 5.69 Å². The van der Waals surface area contributed by atoms with Crippen LogP contribution >= 0.6 is 60.0 Å². The number of benzene rings is 1. The lowest BCUT2D eigenvalue weighted by Crippen LogP contribution is -2.19. The van der Waals surface area contributed by atoms with E-state index < -0.39 is 0 Å². The molecule has 1 aromatic carbocycles. The Labute approximate surface area is 118 Å². The highest BCUT2D eigenvalue weighted by Crippen LogP contribution is 2.43. The largest absolute Gasteiger partial charge is 0.494 e. The molecule has 0 spiro atoms. The van der Waals surface area contributed by atoms with Crippen LogP contribution in [0.2, 0.25) is 0 Å². The summed E-state index contributed by atoms with van der Waals surface area (Å²) in [5.41, 5.74) is 6.17. The maximum absolute atomic E-state index is 5.40. The Morgan fingerprint density at radius 1 is 1.40 bits per heavy atom. The fourth-order valence-electron chi connectivity index (χ4n) is 0.989. The third-order valence-corrected chi connectivity index (χ3v) is 4.38. The standard InChI is InChI=1S/C8H7Br3N2OS/c1-14-7-3(9)2-4(13-8(12)15)5(10)6(7)11/h2H,1H3,(H3,12,13,15). The van der Waals surface area contributed by atoms with Crippen LogP contribution in [-0.4, -0.2) is 12.2 Å². The minimum Gasteiger partial charge on any atom is -0.494 e. The third kappa shape index (κ3) is 3.05. The molecule has 0 saturated carbocycles. The smallest absolute Gasteiger partial charge is 0.168 e. The van der Waals surface area contributed by atoms with Crippen molar-refractivity contribution in [3.05, 3.63) is 19.5 Å². The van der Waals surface area contributed by atoms with Crippen molar-refractivity contribution in [1.29, 1.82) is 0 Å². The van der Waals surface area contributed by atoms with E-state index >= 15 is 0 Å². The van der Waals surface area contributed by atoms with Gasteiger partial charge in [-0.2, -0.15) is 0 Å². The second-order valence-corrected chi connectivity index (χ2v) is 5.44. The summed E-state index contributed by atoms with van der Waals surface area (Å²) in [6, 6.07) is 1.83. The Morgan fingerprint density at radius 3 is 2.47 bits per heavy atom. The Bertz CT molecular complexity index is 411. The van der Waals surface area contributed by atoms with Crippen molar-refractivity contribution in [2.24, 2.45) is 5.73 Å². The lowest BCUT2D eigenvalue weighted by atomic mass is 10.3. The Kier molecular flexibility index (Phi) is 4.82. The number of nitrogens with two attached hydrogens (primary N) is 1. The molecule has 0 amide bonds. The fraction of sp³-hybridized carbons (Fsp3) is 0.125. The molecule has 0 heterocycles. The molecule has 0 aliphatic rings. The molecule has 0 unspecified atom stereocenters. The van der Waals surface area contributed by atoms with Gasteiger partial charge in [-0.05, 0) is 66.1 Å². The van der Waals surface area contributed by atoms with E-state index in [0.717, 1.165) is 19.1 Å². The quantitative estimate of drug-likeness (QED) is 0.568. The lowest BCUT2D eigenvalue weighted by molar-refractivity contribution is 0.409. The number of ether oxygens (including phenoxy) is 1. The number of methoxy groups -OCH3 is 1. The Hall–Kier alpha value is 0.150. The first-order valence-electron chi connectivity index (χ1n) is 3.75. The molecule has 82 valence electrons. The van der Waals surface area contributed by atoms with Crippen molar-refractivity contribution >= 4 is 70.8 Å². The summed E-state index contributed by atoms with van der Waals surface area (Å²) >= 11 is 15.0. The van der Waals surface area contributed by atoms with Gasteiger partial charge in [-0.25, -0.2) is 0 Å². The van der Waals surface area contributed by atoms with Crippen molar-refractivity contribution < 1.29 is 4.74 Å². The highest BCUT2D eigenvalue weighted by Gasteiger charge is 2.14. The van der Waals surface area contributed by atoms with Crippen LogP contribution < -0.4 is 15.8 Å². The zero-order chi connectivity index (χ0) is 11.6. The van der Waals surface area contributed by atoms with Crippen LogP contribution in [0, 0.1) is 0 Å². The molecule has 0 saturated heterocycles. The van der Waals surface area contributed by atoms with E-state index in [-0.39, 0.29) is 5.11 Å². The normalized spacial score (nSPS) is 9.87. The van der Waals surface area contributed by atoms with Gasteiger partial charge in [0.05, 0.1) is 26.2 Å². The maximum Gasteiger partial charge on any atom is 0.168 e. The van der Waals surface area contributed by atoms with Gasteiger partial charge in [0.25, 0.3) is 0 Å². The number of hydrogen-bond donors (Lipinski definition) is 2. The summed E-state index contributed by atoms with van der Waals surface area (Å²) in [7, 11) is 1.60. The van der Waals surface area contributed by atoms with E-state index in [1.54, 1.807) is 7.11 Å². The summed E-state index contributed by atoms with van der Waals surface area (Å²) in [6.45, 7) is 0. The molecule has 0 fully saturated rings. The number of halogens is 3. The Balaban J connectivity index is 3.27. The van der Waals surface area contributed by atoms with Crippen LogP contribution in [0.15, 0.2) is 19.5 Å². The monoisotopic (exact) mass is 416 g/mol. The van der Waals surface area contributed by atoms with Gasteiger partial charge in [-0.15, -0.1) is 0 Å². The molecule has 0 atom stereocenters. The maximum atomic E-state index is 5.40. The van der Waals surface area contributed by atoms with Crippen LogP contribution in [-0.2, 0) is 0 Å². The summed E-state index contributed by atoms with van der Waals surface area (Å²) < 4.78 is 7.60. The van der Waals surface area contributed by atoms with Crippen molar-refractivity contribution in [3.8, 4) is 5.75 Å². The number of thiocarbonyl (C=S) groups is 1. The predicted octanol–water partition coefficient (Wildman–Crippen LogP) is 3.64. The molecule has 3 nitrogen and oxygen atoms in total. The van der Waals surface area contributed by atoms with Gasteiger partial charge in [-0.3, -0.25) is 0 Å². The topological polar surface area (TPSA) is 47.3 Å². The average molecular weight is 419 g/mol. The van der Waals surface area contributed by atoms with Crippen LogP contribution in [0.5, 0.6) is 5.75 Å². The van der Waals surface area contributed by atoms with E-state index in [1.165, 1.54) is 0 Å². The first kappa shape index (κ1) is 13.2. The minimum absolute atomic E-state index is 0.208. The van der Waals surface area contributed by atoms with E-state index in [2.05, 4.69) is 53.1 Å². The molecule has 1 rings (SSSR count). The van der Waals surface area contributed by atoms with Gasteiger partial charge in [-0.1, -0.05) is 0 Å². The van der Waals surface area contributed by atoms with Gasteiger partial charge < -0.3 is 15.8 Å². The van der Waals surface area contributed by atoms with Crippen molar-refractivity contribution in [1.82, 2.24) is 0 Å². The molecule has 0 aliphatic heterocycles. The predicted molar refractivity (Wildman–Crippen MR) is 76.5 cm³/mol. The van der Waals surface area contributed by atoms with Gasteiger partial charge in [0, 0.05) is 0 Å². The molecule has 1 aromatic rings. The van der Waals surface area contributed by atoms with E-state index in [4.69, 9.17) is 22.7 Å². The summed E-state index contributed by atoms with van der Waals surface area (Å²) in [6.07, 6.45) is 0. The van der Waals surface area contributed by atoms with E-state index in [0.29, 0.717) is 5.75 Å². The van der Waals surface area contributed by atoms with Gasteiger partial charge in [0.15, 0.2) is 5.11 Å². The van der Waals surface area contributed by atoms with E-state index in [1.807, 2.05) is 6.07 Å². The van der Waals surface area contributed by atoms with Gasteiger partial charge in [0.2, 0.25) is 0 Å². The Morgan fingerprint density at radius 2 is 2.00 bits per heavy atom. The van der Waals surface area contributed by atoms with Crippen LogP contribution in [0.25, 0.3) is 0 Å². The molecule has 15 heavy (non-hydrogen) atoms. The third-order valence-electron chi connectivity index (χ3n) is 1.58. The average Bonchev–Trinajstić information content (AvgIpc) is 2.14. The first-order valence-corrected chi connectivity index (χ1v) is 6.54. The highest BCUT2D eigenvalue weighted by atomic mass is 79.9. The van der Waals surface area contributed by atoms with Gasteiger partial charge in [0.1, 0.15) is 5.75 Å². The summed E-state index contributed by atoms with van der Waals surface area (Å²) in [5, 5.41) is 3.06. The zero-order valence-corrected chi connectivity index (χ0v) is 13.2. The summed E-state index contributed by atoms with van der Waals surface area (Å²) in [5.74, 6) is 0.704. The molecular formula is C8H7Br3N2OS. The number of nitrogens with one attached hydrogen (secondary N) is 1. The molecule has 0 aromatic heterocycles.